The molecule has 3 atom stereocenters. The molecule has 4 aliphatic rings. The Morgan fingerprint density at radius 2 is 1.84 bits per heavy atom. The maximum absolute atomic E-state index is 13.1. The van der Waals surface area contributed by atoms with E-state index in [9.17, 15) is 10.1 Å². The highest BCUT2D eigenvalue weighted by Gasteiger charge is 2.60. The molecule has 0 radical (unpaired) electrons. The van der Waals surface area contributed by atoms with Crippen LogP contribution in [-0.4, -0.2) is 22.9 Å². The molecule has 3 heteroatoms. The van der Waals surface area contributed by atoms with Gasteiger partial charge in [-0.2, -0.15) is 5.26 Å². The van der Waals surface area contributed by atoms with Crippen molar-refractivity contribution in [3.05, 3.63) is 11.6 Å². The maximum atomic E-state index is 13.1. The monoisotopic (exact) mass is 342 g/mol. The minimum Gasteiger partial charge on any atom is -0.337 e. The number of piperidine rings is 2. The topological polar surface area (TPSA) is 44.1 Å². The Hall–Kier alpha value is -1.30. The molecule has 0 N–H and O–H groups in total. The molecule has 0 spiro atoms. The number of rotatable bonds is 5. The Morgan fingerprint density at radius 1 is 1.24 bits per heavy atom. The van der Waals surface area contributed by atoms with E-state index in [-0.39, 0.29) is 10.8 Å². The van der Waals surface area contributed by atoms with Crippen molar-refractivity contribution in [2.24, 2.45) is 22.7 Å². The third kappa shape index (κ3) is 3.50. The van der Waals surface area contributed by atoms with Gasteiger partial charge in [-0.15, -0.1) is 0 Å². The molecule has 2 heterocycles. The van der Waals surface area contributed by atoms with Crippen molar-refractivity contribution in [1.29, 1.82) is 5.26 Å². The first-order valence-electron chi connectivity index (χ1n) is 10.1. The Morgan fingerprint density at radius 3 is 2.36 bits per heavy atom. The van der Waals surface area contributed by atoms with Crippen LogP contribution in [0, 0.1) is 34.0 Å². The van der Waals surface area contributed by atoms with Crippen LogP contribution in [0.4, 0.5) is 0 Å². The van der Waals surface area contributed by atoms with Crippen LogP contribution in [0.1, 0.15) is 79.6 Å². The van der Waals surface area contributed by atoms with Crippen molar-refractivity contribution >= 4 is 5.91 Å². The van der Waals surface area contributed by atoms with Gasteiger partial charge in [0.05, 0.1) is 11.5 Å². The zero-order chi connectivity index (χ0) is 18.4. The average Bonchev–Trinajstić information content (AvgIpc) is 2.50. The van der Waals surface area contributed by atoms with Gasteiger partial charge in [-0.25, -0.2) is 0 Å². The van der Waals surface area contributed by atoms with Gasteiger partial charge < -0.3 is 4.90 Å². The minimum absolute atomic E-state index is 0.157. The second-order valence-corrected chi connectivity index (χ2v) is 9.99. The zero-order valence-corrected chi connectivity index (χ0v) is 16.6. The highest BCUT2D eigenvalue weighted by atomic mass is 16.2. The van der Waals surface area contributed by atoms with E-state index in [2.05, 4.69) is 51.7 Å². The van der Waals surface area contributed by atoms with E-state index in [4.69, 9.17) is 0 Å². The number of hydrogen-bond acceptors (Lipinski definition) is 2. The van der Waals surface area contributed by atoms with Gasteiger partial charge in [0, 0.05) is 18.5 Å². The molecular formula is C22H34N2O. The fraction of sp³-hybridized carbons (Fsp3) is 0.818. The van der Waals surface area contributed by atoms with Crippen LogP contribution < -0.4 is 0 Å². The third-order valence-electron chi connectivity index (χ3n) is 6.96. The number of amides is 1. The van der Waals surface area contributed by atoms with E-state index < -0.39 is 0 Å². The van der Waals surface area contributed by atoms with E-state index >= 15 is 0 Å². The standard InChI is InChI=1S/C22H34N2O/c1-15(2)6-7-16(3)17(4)8-20(25)24-18-9-21(5)10-19(24)12-22(11-18,13-21)14-23/h7,15,17-19H,6,8-13H2,1-5H3. The van der Waals surface area contributed by atoms with Crippen molar-refractivity contribution in [3.8, 4) is 6.07 Å². The summed E-state index contributed by atoms with van der Waals surface area (Å²) < 4.78 is 0. The zero-order valence-electron chi connectivity index (χ0n) is 16.6. The van der Waals surface area contributed by atoms with Crippen LogP contribution in [0.3, 0.4) is 0 Å². The number of hydrogen-bond donors (Lipinski definition) is 0. The van der Waals surface area contributed by atoms with Gasteiger partial charge >= 0.3 is 0 Å². The van der Waals surface area contributed by atoms with Crippen molar-refractivity contribution in [1.82, 2.24) is 4.90 Å². The lowest BCUT2D eigenvalue weighted by Gasteiger charge is -2.63. The van der Waals surface area contributed by atoms with Crippen molar-refractivity contribution in [2.45, 2.75) is 91.6 Å². The predicted octanol–water partition coefficient (Wildman–Crippen LogP) is 5.08. The van der Waals surface area contributed by atoms with Gasteiger partial charge in [0.1, 0.15) is 0 Å². The lowest BCUT2D eigenvalue weighted by Crippen LogP contribution is -2.65. The summed E-state index contributed by atoms with van der Waals surface area (Å²) >= 11 is 0. The Kier molecular flexibility index (Phi) is 4.77. The van der Waals surface area contributed by atoms with E-state index in [0.717, 1.165) is 38.5 Å². The first-order valence-corrected chi connectivity index (χ1v) is 10.1. The lowest BCUT2D eigenvalue weighted by molar-refractivity contribution is -0.163. The van der Waals surface area contributed by atoms with Gasteiger partial charge in [-0.3, -0.25) is 4.79 Å². The summed E-state index contributed by atoms with van der Waals surface area (Å²) in [5, 5.41) is 9.73. The van der Waals surface area contributed by atoms with E-state index in [1.54, 1.807) is 0 Å². The van der Waals surface area contributed by atoms with Crippen molar-refractivity contribution in [2.75, 3.05) is 0 Å². The van der Waals surface area contributed by atoms with E-state index in [1.165, 1.54) is 5.57 Å². The highest BCUT2D eigenvalue weighted by molar-refractivity contribution is 5.78. The number of carbonyl (C=O) groups is 1. The lowest BCUT2D eigenvalue weighted by atomic mass is 9.50. The number of carbonyl (C=O) groups excluding carboxylic acids is 1. The number of nitrogens with zero attached hydrogens (tertiary/aromatic N) is 2. The average molecular weight is 343 g/mol. The summed E-state index contributed by atoms with van der Waals surface area (Å²) in [4.78, 5) is 15.3. The molecule has 3 nitrogen and oxygen atoms in total. The molecule has 2 aliphatic heterocycles. The summed E-state index contributed by atoms with van der Waals surface area (Å²) in [6.45, 7) is 11.1. The van der Waals surface area contributed by atoms with Crippen molar-refractivity contribution < 1.29 is 4.79 Å². The second kappa shape index (κ2) is 6.45. The second-order valence-electron chi connectivity index (χ2n) is 9.99. The summed E-state index contributed by atoms with van der Waals surface area (Å²) in [5.41, 5.74) is 1.46. The van der Waals surface area contributed by atoms with Gasteiger partial charge in [0.25, 0.3) is 0 Å². The Balaban J connectivity index is 1.68. The fourth-order valence-corrected chi connectivity index (χ4v) is 5.84. The fourth-order valence-electron chi connectivity index (χ4n) is 5.84. The maximum Gasteiger partial charge on any atom is 0.223 e. The quantitative estimate of drug-likeness (QED) is 0.654. The van der Waals surface area contributed by atoms with Crippen LogP contribution in [0.25, 0.3) is 0 Å². The number of nitriles is 1. The third-order valence-corrected chi connectivity index (χ3v) is 6.96. The van der Waals surface area contributed by atoms with Crippen LogP contribution in [0.2, 0.25) is 0 Å². The molecule has 2 saturated carbocycles. The van der Waals surface area contributed by atoms with Gasteiger partial charge in [-0.1, -0.05) is 39.3 Å². The molecule has 4 fully saturated rings. The molecule has 138 valence electrons. The molecule has 25 heavy (non-hydrogen) atoms. The first kappa shape index (κ1) is 18.5. The summed E-state index contributed by atoms with van der Waals surface area (Å²) in [6, 6.07) is 3.23. The van der Waals surface area contributed by atoms with Crippen LogP contribution in [0.15, 0.2) is 11.6 Å². The van der Waals surface area contributed by atoms with Gasteiger partial charge in [0.2, 0.25) is 5.91 Å². The molecule has 2 saturated heterocycles. The smallest absolute Gasteiger partial charge is 0.223 e. The molecule has 4 rings (SSSR count). The van der Waals surface area contributed by atoms with Gasteiger partial charge in [0.15, 0.2) is 0 Å². The highest BCUT2D eigenvalue weighted by Crippen LogP contribution is 2.61. The molecule has 4 bridgehead atoms. The van der Waals surface area contributed by atoms with Crippen LogP contribution >= 0.6 is 0 Å². The summed E-state index contributed by atoms with van der Waals surface area (Å²) in [5.74, 6) is 1.29. The first-order chi connectivity index (χ1) is 11.7. The van der Waals surface area contributed by atoms with Crippen molar-refractivity contribution in [3.63, 3.8) is 0 Å². The Bertz CT molecular complexity index is 596. The molecule has 1 amide bonds. The minimum atomic E-state index is -0.157. The largest absolute Gasteiger partial charge is 0.337 e. The van der Waals surface area contributed by atoms with Crippen LogP contribution in [0.5, 0.6) is 0 Å². The summed E-state index contributed by atoms with van der Waals surface area (Å²) in [7, 11) is 0. The molecule has 0 aromatic carbocycles. The molecule has 3 unspecified atom stereocenters. The van der Waals surface area contributed by atoms with E-state index in [0.29, 0.717) is 36.2 Å². The SMILES string of the molecule is CC(=CCC(C)C)C(C)CC(=O)N1C2CC3(C)CC1CC(C#N)(C2)C3. The van der Waals surface area contributed by atoms with E-state index in [1.807, 2.05) is 0 Å². The summed E-state index contributed by atoms with van der Waals surface area (Å²) in [6.07, 6.45) is 9.03. The van der Waals surface area contributed by atoms with Gasteiger partial charge in [-0.05, 0) is 62.7 Å². The van der Waals surface area contributed by atoms with Crippen LogP contribution in [-0.2, 0) is 4.79 Å². The normalized spacial score (nSPS) is 38.1. The predicted molar refractivity (Wildman–Crippen MR) is 101 cm³/mol. The Labute approximate surface area is 153 Å². The molecule has 0 aromatic heterocycles. The molecule has 0 aromatic rings. The molecular weight excluding hydrogens is 308 g/mol. The number of allylic oxidation sites excluding steroid dienone is 2. The molecule has 2 aliphatic carbocycles.